The van der Waals surface area contributed by atoms with Crippen LogP contribution in [-0.2, 0) is 23.1 Å². The highest BCUT2D eigenvalue weighted by atomic mass is 32.1. The zero-order chi connectivity index (χ0) is 18.7. The number of aryl methyl sites for hydroxylation is 1. The molecule has 0 aromatic carbocycles. The van der Waals surface area contributed by atoms with E-state index in [9.17, 15) is 9.59 Å². The summed E-state index contributed by atoms with van der Waals surface area (Å²) in [6.07, 6.45) is 3.85. The number of amides is 2. The maximum absolute atomic E-state index is 12.9. The molecule has 0 aliphatic carbocycles. The van der Waals surface area contributed by atoms with Gasteiger partial charge in [0.1, 0.15) is 11.9 Å². The third kappa shape index (κ3) is 4.10. The summed E-state index contributed by atoms with van der Waals surface area (Å²) in [4.78, 5) is 35.3. The summed E-state index contributed by atoms with van der Waals surface area (Å²) in [5, 5.41) is 8.46. The quantitative estimate of drug-likeness (QED) is 0.818. The fraction of sp³-hybridized carbons (Fsp3) is 0.529. The molecular weight excluding hydrogens is 352 g/mol. The van der Waals surface area contributed by atoms with Crippen LogP contribution in [0, 0.1) is 5.92 Å². The number of nitrogens with one attached hydrogen (secondary N) is 2. The largest absolute Gasteiger partial charge is 0.336 e. The van der Waals surface area contributed by atoms with Gasteiger partial charge in [-0.1, -0.05) is 13.8 Å². The van der Waals surface area contributed by atoms with E-state index in [1.807, 2.05) is 41.9 Å². The van der Waals surface area contributed by atoms with Gasteiger partial charge in [0.25, 0.3) is 0 Å². The number of nitrogens with zero attached hydrogens (tertiary/aromatic N) is 4. The first-order valence-electron chi connectivity index (χ1n) is 8.68. The zero-order valence-corrected chi connectivity index (χ0v) is 16.0. The monoisotopic (exact) mass is 376 g/mol. The maximum atomic E-state index is 12.9. The fourth-order valence-electron chi connectivity index (χ4n) is 2.88. The Kier molecular flexibility index (Phi) is 5.67. The van der Waals surface area contributed by atoms with Gasteiger partial charge >= 0.3 is 0 Å². The van der Waals surface area contributed by atoms with E-state index in [0.29, 0.717) is 23.9 Å². The number of imidazole rings is 1. The van der Waals surface area contributed by atoms with Crippen LogP contribution in [0.4, 0.5) is 5.13 Å². The molecule has 2 N–H and O–H groups in total. The molecule has 0 bridgehead atoms. The van der Waals surface area contributed by atoms with Gasteiger partial charge in [0.05, 0.1) is 12.1 Å². The maximum Gasteiger partial charge on any atom is 0.229 e. The summed E-state index contributed by atoms with van der Waals surface area (Å²) in [5.74, 6) is 0.706. The first kappa shape index (κ1) is 18.5. The summed E-state index contributed by atoms with van der Waals surface area (Å²) >= 11 is 1.34. The van der Waals surface area contributed by atoms with Crippen LogP contribution in [0.5, 0.6) is 0 Å². The second-order valence-corrected chi connectivity index (χ2v) is 7.53. The van der Waals surface area contributed by atoms with Crippen molar-refractivity contribution in [3.8, 4) is 0 Å². The lowest BCUT2D eigenvalue weighted by molar-refractivity contribution is -0.134. The first-order valence-corrected chi connectivity index (χ1v) is 9.56. The number of carbonyl (C=O) groups is 2. The van der Waals surface area contributed by atoms with Crippen LogP contribution < -0.4 is 10.6 Å². The summed E-state index contributed by atoms with van der Waals surface area (Å²) in [6, 6.07) is -0.0880. The number of anilines is 1. The van der Waals surface area contributed by atoms with Crippen LogP contribution >= 0.6 is 11.3 Å². The van der Waals surface area contributed by atoms with E-state index in [2.05, 4.69) is 20.6 Å². The number of aromatic nitrogens is 3. The predicted octanol–water partition coefficient (Wildman–Crippen LogP) is 1.19. The van der Waals surface area contributed by atoms with Crippen LogP contribution in [0.25, 0.3) is 0 Å². The molecule has 0 saturated carbocycles. The van der Waals surface area contributed by atoms with Crippen LogP contribution in [0.2, 0.25) is 0 Å². The topological polar surface area (TPSA) is 92.2 Å². The highest BCUT2D eigenvalue weighted by Gasteiger charge is 2.30. The Bertz CT molecular complexity index is 784. The average Bonchev–Trinajstić information content (AvgIpc) is 3.23. The molecule has 0 spiro atoms. The molecule has 1 fully saturated rings. The van der Waals surface area contributed by atoms with E-state index in [-0.39, 0.29) is 30.2 Å². The summed E-state index contributed by atoms with van der Waals surface area (Å²) in [7, 11) is 1.93. The summed E-state index contributed by atoms with van der Waals surface area (Å²) < 4.78 is 1.94. The van der Waals surface area contributed by atoms with E-state index in [1.54, 1.807) is 6.20 Å². The van der Waals surface area contributed by atoms with Crippen molar-refractivity contribution in [2.45, 2.75) is 26.3 Å². The molecule has 9 heteroatoms. The molecule has 1 aliphatic heterocycles. The van der Waals surface area contributed by atoms with E-state index in [4.69, 9.17) is 0 Å². The van der Waals surface area contributed by atoms with Crippen LogP contribution in [0.3, 0.4) is 0 Å². The lowest BCUT2D eigenvalue weighted by atomic mass is 10.1. The molecule has 1 aliphatic rings. The van der Waals surface area contributed by atoms with Crippen molar-refractivity contribution in [1.29, 1.82) is 0 Å². The van der Waals surface area contributed by atoms with Crippen molar-refractivity contribution in [3.05, 3.63) is 29.3 Å². The number of carbonyl (C=O) groups excluding carboxylic acids is 2. The Balaban J connectivity index is 1.68. The molecule has 140 valence electrons. The highest BCUT2D eigenvalue weighted by molar-refractivity contribution is 7.13. The van der Waals surface area contributed by atoms with Crippen molar-refractivity contribution in [2.75, 3.05) is 25.0 Å². The minimum Gasteiger partial charge on any atom is -0.336 e. The summed E-state index contributed by atoms with van der Waals surface area (Å²) in [5.41, 5.74) is 0.677. The first-order chi connectivity index (χ1) is 12.5. The molecule has 2 amide bonds. The van der Waals surface area contributed by atoms with Gasteiger partial charge in [-0.25, -0.2) is 9.97 Å². The molecular formula is C17H24N6O2S. The van der Waals surface area contributed by atoms with Crippen molar-refractivity contribution < 1.29 is 9.59 Å². The number of hydrogen-bond acceptors (Lipinski definition) is 6. The molecule has 1 saturated heterocycles. The fourth-order valence-corrected chi connectivity index (χ4v) is 3.60. The Morgan fingerprint density at radius 3 is 2.96 bits per heavy atom. The van der Waals surface area contributed by atoms with Gasteiger partial charge in [0.2, 0.25) is 11.8 Å². The standard InChI is InChI=1S/C17H24N6O2S/c1-11(2)16(25)21-17-20-12(10-26-17)8-14(24)23-7-4-18-9-13(23)15-19-5-6-22(15)3/h5-6,10-11,13,18H,4,7-9H2,1-3H3,(H,20,21,25). The molecule has 2 aromatic heterocycles. The van der Waals surface area contributed by atoms with Gasteiger partial charge in [-0.15, -0.1) is 11.3 Å². The minimum absolute atomic E-state index is 0.0199. The number of hydrogen-bond donors (Lipinski definition) is 2. The molecule has 0 radical (unpaired) electrons. The molecule has 1 unspecified atom stereocenters. The lowest BCUT2D eigenvalue weighted by Crippen LogP contribution is -2.49. The van der Waals surface area contributed by atoms with Crippen LogP contribution in [0.15, 0.2) is 17.8 Å². The van der Waals surface area contributed by atoms with Crippen molar-refractivity contribution in [1.82, 2.24) is 24.8 Å². The Morgan fingerprint density at radius 1 is 1.46 bits per heavy atom. The lowest BCUT2D eigenvalue weighted by Gasteiger charge is -2.35. The Hall–Kier alpha value is -2.26. The third-order valence-corrected chi connectivity index (χ3v) is 5.17. The predicted molar refractivity (Wildman–Crippen MR) is 99.8 cm³/mol. The molecule has 2 aromatic rings. The van der Waals surface area contributed by atoms with Gasteiger partial charge in [-0.3, -0.25) is 9.59 Å². The number of rotatable bonds is 5. The van der Waals surface area contributed by atoms with Crippen molar-refractivity contribution in [2.24, 2.45) is 13.0 Å². The van der Waals surface area contributed by atoms with Gasteiger partial charge in [0, 0.05) is 50.4 Å². The molecule has 8 nitrogen and oxygen atoms in total. The number of thiazole rings is 1. The molecule has 3 rings (SSSR count). The van der Waals surface area contributed by atoms with Crippen molar-refractivity contribution >= 4 is 28.3 Å². The second-order valence-electron chi connectivity index (χ2n) is 6.67. The number of piperazine rings is 1. The van der Waals surface area contributed by atoms with Crippen molar-refractivity contribution in [3.63, 3.8) is 0 Å². The SMILES string of the molecule is CC(C)C(=O)Nc1nc(CC(=O)N2CCNCC2c2nccn2C)cs1. The van der Waals surface area contributed by atoms with E-state index in [1.165, 1.54) is 11.3 Å². The zero-order valence-electron chi connectivity index (χ0n) is 15.2. The van der Waals surface area contributed by atoms with E-state index < -0.39 is 0 Å². The summed E-state index contributed by atoms with van der Waals surface area (Å²) in [6.45, 7) is 5.74. The Morgan fingerprint density at radius 2 is 2.27 bits per heavy atom. The minimum atomic E-state index is -0.108. The third-order valence-electron chi connectivity index (χ3n) is 4.36. The smallest absolute Gasteiger partial charge is 0.229 e. The van der Waals surface area contributed by atoms with Gasteiger partial charge in [-0.2, -0.15) is 0 Å². The average molecular weight is 376 g/mol. The molecule has 26 heavy (non-hydrogen) atoms. The Labute approximate surface area is 156 Å². The second kappa shape index (κ2) is 7.96. The van der Waals surface area contributed by atoms with Crippen LogP contribution in [-0.4, -0.2) is 50.9 Å². The van der Waals surface area contributed by atoms with Gasteiger partial charge in [0.15, 0.2) is 5.13 Å². The highest BCUT2D eigenvalue weighted by Crippen LogP contribution is 2.23. The van der Waals surface area contributed by atoms with Crippen LogP contribution in [0.1, 0.15) is 31.4 Å². The van der Waals surface area contributed by atoms with E-state index >= 15 is 0 Å². The molecule has 3 heterocycles. The van der Waals surface area contributed by atoms with Gasteiger partial charge in [-0.05, 0) is 0 Å². The van der Waals surface area contributed by atoms with E-state index in [0.717, 1.165) is 12.4 Å². The normalized spacial score (nSPS) is 17.5. The molecule has 1 atom stereocenters. The van der Waals surface area contributed by atoms with Gasteiger partial charge < -0.3 is 20.1 Å².